The number of anilines is 1. The standard InChI is InChI=1S/C22H23N3O3S/c1-17-8-3-4-9-18(17)14-19(16-23)22(26)24-20-10-7-11-21(15-20)29(27,28)25-12-5-2-6-13-25/h3-4,7-11,14-15H,2,5-6,12-13H2,1H3,(H,24,26)/b19-14+. The van der Waals surface area contributed by atoms with E-state index in [1.807, 2.05) is 37.3 Å². The van der Waals surface area contributed by atoms with Gasteiger partial charge >= 0.3 is 0 Å². The fourth-order valence-corrected chi connectivity index (χ4v) is 4.80. The van der Waals surface area contributed by atoms with Crippen molar-refractivity contribution in [1.82, 2.24) is 4.31 Å². The van der Waals surface area contributed by atoms with Crippen molar-refractivity contribution in [2.45, 2.75) is 31.1 Å². The van der Waals surface area contributed by atoms with Gasteiger partial charge in [0.25, 0.3) is 5.91 Å². The molecular formula is C22H23N3O3S. The molecular weight excluding hydrogens is 386 g/mol. The Morgan fingerprint density at radius 3 is 2.52 bits per heavy atom. The number of amides is 1. The van der Waals surface area contributed by atoms with E-state index in [0.717, 1.165) is 30.4 Å². The van der Waals surface area contributed by atoms with Crippen LogP contribution < -0.4 is 5.32 Å². The average Bonchev–Trinajstić information content (AvgIpc) is 2.74. The van der Waals surface area contributed by atoms with E-state index >= 15 is 0 Å². The Balaban J connectivity index is 1.81. The summed E-state index contributed by atoms with van der Waals surface area (Å²) in [6.45, 7) is 2.92. The topological polar surface area (TPSA) is 90.3 Å². The lowest BCUT2D eigenvalue weighted by Gasteiger charge is -2.26. The number of carbonyl (C=O) groups excluding carboxylic acids is 1. The highest BCUT2D eigenvalue weighted by Crippen LogP contribution is 2.23. The first kappa shape index (κ1) is 20.8. The number of hydrogen-bond donors (Lipinski definition) is 1. The van der Waals surface area contributed by atoms with Crippen molar-refractivity contribution < 1.29 is 13.2 Å². The third-order valence-electron chi connectivity index (χ3n) is 4.90. The van der Waals surface area contributed by atoms with Gasteiger partial charge in [0.2, 0.25) is 10.0 Å². The molecule has 1 fully saturated rings. The number of rotatable bonds is 5. The Kier molecular flexibility index (Phi) is 6.47. The number of nitriles is 1. The van der Waals surface area contributed by atoms with Crippen molar-refractivity contribution in [3.05, 3.63) is 65.2 Å². The number of piperidine rings is 1. The summed E-state index contributed by atoms with van der Waals surface area (Å²) in [7, 11) is -3.60. The summed E-state index contributed by atoms with van der Waals surface area (Å²) in [5.74, 6) is -0.580. The van der Waals surface area contributed by atoms with Gasteiger partial charge in [-0.05, 0) is 55.2 Å². The number of nitrogens with zero attached hydrogens (tertiary/aromatic N) is 2. The van der Waals surface area contributed by atoms with Crippen LogP contribution in [0.2, 0.25) is 0 Å². The predicted octanol–water partition coefficient (Wildman–Crippen LogP) is 3.72. The molecule has 1 amide bonds. The van der Waals surface area contributed by atoms with Crippen molar-refractivity contribution in [1.29, 1.82) is 5.26 Å². The molecule has 0 saturated carbocycles. The number of aryl methyl sites for hydroxylation is 1. The maximum absolute atomic E-state index is 12.8. The highest BCUT2D eigenvalue weighted by Gasteiger charge is 2.26. The van der Waals surface area contributed by atoms with E-state index in [2.05, 4.69) is 5.32 Å². The molecule has 150 valence electrons. The summed E-state index contributed by atoms with van der Waals surface area (Å²) in [6, 6.07) is 15.5. The largest absolute Gasteiger partial charge is 0.321 e. The molecule has 1 saturated heterocycles. The molecule has 1 N–H and O–H groups in total. The van der Waals surface area contributed by atoms with Gasteiger partial charge in [0.15, 0.2) is 0 Å². The van der Waals surface area contributed by atoms with Crippen LogP contribution in [0.4, 0.5) is 5.69 Å². The normalized spacial score (nSPS) is 15.5. The van der Waals surface area contributed by atoms with Crippen molar-refractivity contribution >= 4 is 27.7 Å². The number of sulfonamides is 1. The molecule has 0 radical (unpaired) electrons. The Hall–Kier alpha value is -2.95. The molecule has 0 bridgehead atoms. The molecule has 1 aliphatic heterocycles. The second-order valence-corrected chi connectivity index (χ2v) is 8.91. The van der Waals surface area contributed by atoms with Gasteiger partial charge in [-0.25, -0.2) is 8.42 Å². The van der Waals surface area contributed by atoms with Crippen LogP contribution in [0.3, 0.4) is 0 Å². The Bertz CT molecular complexity index is 1080. The van der Waals surface area contributed by atoms with E-state index in [4.69, 9.17) is 0 Å². The van der Waals surface area contributed by atoms with E-state index in [1.54, 1.807) is 12.1 Å². The average molecular weight is 410 g/mol. The molecule has 29 heavy (non-hydrogen) atoms. The number of nitrogens with one attached hydrogen (secondary N) is 1. The highest BCUT2D eigenvalue weighted by atomic mass is 32.2. The molecule has 0 unspecified atom stereocenters. The fraction of sp³-hybridized carbons (Fsp3) is 0.273. The van der Waals surface area contributed by atoms with Gasteiger partial charge in [0.05, 0.1) is 4.90 Å². The van der Waals surface area contributed by atoms with Crippen molar-refractivity contribution in [2.75, 3.05) is 18.4 Å². The first-order chi connectivity index (χ1) is 13.9. The van der Waals surface area contributed by atoms with Gasteiger partial charge in [-0.2, -0.15) is 9.57 Å². The molecule has 6 nitrogen and oxygen atoms in total. The van der Waals surface area contributed by atoms with Crippen LogP contribution in [0.15, 0.2) is 59.0 Å². The molecule has 2 aromatic carbocycles. The smallest absolute Gasteiger partial charge is 0.266 e. The van der Waals surface area contributed by atoms with E-state index in [9.17, 15) is 18.5 Å². The molecule has 3 rings (SSSR count). The summed E-state index contributed by atoms with van der Waals surface area (Å²) in [5.41, 5.74) is 2.01. The third kappa shape index (κ3) is 4.91. The first-order valence-corrected chi connectivity index (χ1v) is 10.9. The zero-order chi connectivity index (χ0) is 20.9. The van der Waals surface area contributed by atoms with Gasteiger partial charge in [-0.15, -0.1) is 0 Å². The second kappa shape index (κ2) is 9.03. The van der Waals surface area contributed by atoms with Crippen LogP contribution in [0.5, 0.6) is 0 Å². The van der Waals surface area contributed by atoms with E-state index in [0.29, 0.717) is 18.8 Å². The summed E-state index contributed by atoms with van der Waals surface area (Å²) in [4.78, 5) is 12.7. The minimum absolute atomic E-state index is 0.0522. The minimum Gasteiger partial charge on any atom is -0.321 e. The molecule has 2 aromatic rings. The SMILES string of the molecule is Cc1ccccc1/C=C(\C#N)C(=O)Nc1cccc(S(=O)(=O)N2CCCCC2)c1. The van der Waals surface area contributed by atoms with Crippen LogP contribution in [0, 0.1) is 18.3 Å². The van der Waals surface area contributed by atoms with Gasteiger partial charge in [0.1, 0.15) is 11.6 Å². The minimum atomic E-state index is -3.60. The van der Waals surface area contributed by atoms with E-state index in [-0.39, 0.29) is 10.5 Å². The molecule has 0 aliphatic carbocycles. The van der Waals surface area contributed by atoms with Crippen LogP contribution in [-0.4, -0.2) is 31.7 Å². The van der Waals surface area contributed by atoms with Gasteiger partial charge in [-0.3, -0.25) is 4.79 Å². The monoisotopic (exact) mass is 409 g/mol. The maximum Gasteiger partial charge on any atom is 0.266 e. The molecule has 0 spiro atoms. The van der Waals surface area contributed by atoms with Crippen LogP contribution >= 0.6 is 0 Å². The third-order valence-corrected chi connectivity index (χ3v) is 6.79. The van der Waals surface area contributed by atoms with Gasteiger partial charge in [0, 0.05) is 18.8 Å². The van der Waals surface area contributed by atoms with Crippen molar-refractivity contribution in [3.63, 3.8) is 0 Å². The molecule has 1 aliphatic rings. The highest BCUT2D eigenvalue weighted by molar-refractivity contribution is 7.89. The number of benzene rings is 2. The Morgan fingerprint density at radius 1 is 1.10 bits per heavy atom. The molecule has 0 aromatic heterocycles. The summed E-state index contributed by atoms with van der Waals surface area (Å²) < 4.78 is 27.2. The lowest BCUT2D eigenvalue weighted by molar-refractivity contribution is -0.112. The summed E-state index contributed by atoms with van der Waals surface area (Å²) >= 11 is 0. The second-order valence-electron chi connectivity index (χ2n) is 6.97. The molecule has 0 atom stereocenters. The van der Waals surface area contributed by atoms with E-state index < -0.39 is 15.9 Å². The zero-order valence-corrected chi connectivity index (χ0v) is 17.1. The Morgan fingerprint density at radius 2 is 1.83 bits per heavy atom. The van der Waals surface area contributed by atoms with Gasteiger partial charge in [-0.1, -0.05) is 36.8 Å². The van der Waals surface area contributed by atoms with E-state index in [1.165, 1.54) is 22.5 Å². The van der Waals surface area contributed by atoms with Crippen molar-refractivity contribution in [3.8, 4) is 6.07 Å². The molecule has 7 heteroatoms. The number of carbonyl (C=O) groups is 1. The maximum atomic E-state index is 12.8. The first-order valence-electron chi connectivity index (χ1n) is 9.51. The van der Waals surface area contributed by atoms with Gasteiger partial charge < -0.3 is 5.32 Å². The van der Waals surface area contributed by atoms with Crippen LogP contribution in [0.25, 0.3) is 6.08 Å². The summed E-state index contributed by atoms with van der Waals surface area (Å²) in [6.07, 6.45) is 4.26. The lowest BCUT2D eigenvalue weighted by atomic mass is 10.1. The zero-order valence-electron chi connectivity index (χ0n) is 16.3. The molecule has 1 heterocycles. The van der Waals surface area contributed by atoms with Crippen molar-refractivity contribution in [2.24, 2.45) is 0 Å². The quantitative estimate of drug-likeness (QED) is 0.602. The number of hydrogen-bond acceptors (Lipinski definition) is 4. The summed E-state index contributed by atoms with van der Waals surface area (Å²) in [5, 5.41) is 12.0. The Labute approximate surface area is 171 Å². The van der Waals surface area contributed by atoms with Crippen LogP contribution in [0.1, 0.15) is 30.4 Å². The predicted molar refractivity (Wildman–Crippen MR) is 112 cm³/mol. The lowest BCUT2D eigenvalue weighted by Crippen LogP contribution is -2.35. The van der Waals surface area contributed by atoms with Crippen LogP contribution in [-0.2, 0) is 14.8 Å². The fourth-order valence-electron chi connectivity index (χ4n) is 3.24.